The number of aryl methyl sites for hydroxylation is 3. The number of hydrogen-bond donors (Lipinski definition) is 2. The molecule has 12 heteroatoms. The molecule has 1 saturated heterocycles. The summed E-state index contributed by atoms with van der Waals surface area (Å²) in [6.45, 7) is 2.75. The van der Waals surface area contributed by atoms with Crippen molar-refractivity contribution in [1.29, 1.82) is 0 Å². The SMILES string of the molecule is Cc1cncc(CCn2cc(CNc3cccc4c3C(=O)N(C3CCC(=O)NC3=O)C4=O)nn2)n1. The zero-order valence-corrected chi connectivity index (χ0v) is 18.9. The highest BCUT2D eigenvalue weighted by atomic mass is 16.2. The lowest BCUT2D eigenvalue weighted by atomic mass is 10.0. The van der Waals surface area contributed by atoms with Crippen molar-refractivity contribution in [3.63, 3.8) is 0 Å². The quantitative estimate of drug-likeness (QED) is 0.470. The maximum atomic E-state index is 13.2. The van der Waals surface area contributed by atoms with Crippen molar-refractivity contribution in [2.45, 2.75) is 45.3 Å². The summed E-state index contributed by atoms with van der Waals surface area (Å²) in [5.41, 5.74) is 3.24. The standard InChI is InChI=1S/C23H22N8O4/c1-13-9-24-10-14(26-13)7-8-30-12-15(28-29-30)11-25-17-4-2-3-16-20(17)23(35)31(22(16)34)18-5-6-19(32)27-21(18)33/h2-4,9-10,12,18,25H,5-8,11H2,1H3,(H,27,32,33). The van der Waals surface area contributed by atoms with Crippen molar-refractivity contribution in [3.8, 4) is 0 Å². The van der Waals surface area contributed by atoms with Crippen LogP contribution in [0.5, 0.6) is 0 Å². The van der Waals surface area contributed by atoms with E-state index in [9.17, 15) is 19.2 Å². The number of nitrogens with zero attached hydrogens (tertiary/aromatic N) is 6. The molecule has 4 heterocycles. The Bertz CT molecular complexity index is 1350. The van der Waals surface area contributed by atoms with Crippen LogP contribution in [-0.4, -0.2) is 59.5 Å². The first-order chi connectivity index (χ1) is 16.9. The number of aromatic nitrogens is 5. The molecule has 1 aromatic carbocycles. The number of rotatable bonds is 7. The van der Waals surface area contributed by atoms with E-state index in [0.717, 1.165) is 16.3 Å². The zero-order valence-electron chi connectivity index (χ0n) is 18.9. The van der Waals surface area contributed by atoms with Gasteiger partial charge in [0, 0.05) is 37.5 Å². The highest BCUT2D eigenvalue weighted by Crippen LogP contribution is 2.32. The van der Waals surface area contributed by atoms with Gasteiger partial charge in [0.25, 0.3) is 11.8 Å². The van der Waals surface area contributed by atoms with Gasteiger partial charge in [-0.2, -0.15) is 0 Å². The Labute approximate surface area is 199 Å². The molecule has 2 aliphatic heterocycles. The van der Waals surface area contributed by atoms with E-state index >= 15 is 0 Å². The van der Waals surface area contributed by atoms with Crippen LogP contribution in [0.1, 0.15) is 50.6 Å². The van der Waals surface area contributed by atoms with E-state index in [0.29, 0.717) is 24.3 Å². The Balaban J connectivity index is 1.27. The zero-order chi connectivity index (χ0) is 24.5. The third kappa shape index (κ3) is 4.37. The van der Waals surface area contributed by atoms with Gasteiger partial charge in [-0.15, -0.1) is 5.10 Å². The lowest BCUT2D eigenvalue weighted by Crippen LogP contribution is -2.54. The van der Waals surface area contributed by atoms with Gasteiger partial charge in [-0.05, 0) is 25.5 Å². The van der Waals surface area contributed by atoms with Gasteiger partial charge in [-0.3, -0.25) is 44.0 Å². The fourth-order valence-electron chi connectivity index (χ4n) is 4.24. The summed E-state index contributed by atoms with van der Waals surface area (Å²) < 4.78 is 1.70. The van der Waals surface area contributed by atoms with Gasteiger partial charge in [0.1, 0.15) is 11.7 Å². The van der Waals surface area contributed by atoms with Gasteiger partial charge < -0.3 is 5.32 Å². The van der Waals surface area contributed by atoms with E-state index < -0.39 is 29.7 Å². The second-order valence-corrected chi connectivity index (χ2v) is 8.40. The molecule has 178 valence electrons. The van der Waals surface area contributed by atoms with Crippen LogP contribution in [0.15, 0.2) is 36.8 Å². The summed E-state index contributed by atoms with van der Waals surface area (Å²) in [7, 11) is 0. The first-order valence-electron chi connectivity index (χ1n) is 11.2. The lowest BCUT2D eigenvalue weighted by Gasteiger charge is -2.27. The van der Waals surface area contributed by atoms with Gasteiger partial charge in [0.05, 0.1) is 35.3 Å². The number of fused-ring (bicyclic) bond motifs is 1. The molecule has 3 aromatic rings. The van der Waals surface area contributed by atoms with Crippen LogP contribution in [0.3, 0.4) is 0 Å². The number of carbonyl (C=O) groups excluding carboxylic acids is 4. The van der Waals surface area contributed by atoms with Crippen molar-refractivity contribution in [2.75, 3.05) is 5.32 Å². The summed E-state index contributed by atoms with van der Waals surface area (Å²) in [4.78, 5) is 59.4. The topological polar surface area (TPSA) is 152 Å². The van der Waals surface area contributed by atoms with E-state index in [1.54, 1.807) is 41.5 Å². The fourth-order valence-corrected chi connectivity index (χ4v) is 4.24. The highest BCUT2D eigenvalue weighted by Gasteiger charge is 2.45. The molecule has 2 N–H and O–H groups in total. The van der Waals surface area contributed by atoms with Gasteiger partial charge in [-0.1, -0.05) is 11.3 Å². The average molecular weight is 474 g/mol. The largest absolute Gasteiger partial charge is 0.379 e. The molecule has 5 rings (SSSR count). The van der Waals surface area contributed by atoms with Crippen molar-refractivity contribution in [2.24, 2.45) is 0 Å². The van der Waals surface area contributed by atoms with Crippen molar-refractivity contribution < 1.29 is 19.2 Å². The minimum absolute atomic E-state index is 0.0705. The van der Waals surface area contributed by atoms with Gasteiger partial charge in [0.15, 0.2) is 0 Å². The number of imide groups is 2. The Morgan fingerprint density at radius 1 is 1.11 bits per heavy atom. The van der Waals surface area contributed by atoms with Crippen LogP contribution in [0.2, 0.25) is 0 Å². The molecule has 0 radical (unpaired) electrons. The van der Waals surface area contributed by atoms with Gasteiger partial charge in [0.2, 0.25) is 11.8 Å². The molecule has 0 saturated carbocycles. The molecule has 35 heavy (non-hydrogen) atoms. The minimum Gasteiger partial charge on any atom is -0.379 e. The van der Waals surface area contributed by atoms with Gasteiger partial charge in [-0.25, -0.2) is 0 Å². The molecule has 1 unspecified atom stereocenters. The lowest BCUT2D eigenvalue weighted by molar-refractivity contribution is -0.136. The smallest absolute Gasteiger partial charge is 0.264 e. The van der Waals surface area contributed by atoms with Crippen LogP contribution >= 0.6 is 0 Å². The molecular formula is C23H22N8O4. The molecule has 4 amide bonds. The van der Waals surface area contributed by atoms with Crippen LogP contribution in [0.4, 0.5) is 5.69 Å². The number of carbonyl (C=O) groups is 4. The van der Waals surface area contributed by atoms with E-state index in [1.807, 2.05) is 6.92 Å². The number of hydrogen-bond acceptors (Lipinski definition) is 9. The molecule has 2 aromatic heterocycles. The summed E-state index contributed by atoms with van der Waals surface area (Å²) in [6, 6.07) is 3.90. The van der Waals surface area contributed by atoms with E-state index in [2.05, 4.69) is 30.9 Å². The molecule has 0 bridgehead atoms. The normalized spacial score (nSPS) is 17.5. The summed E-state index contributed by atoms with van der Waals surface area (Å²) in [5.74, 6) is -2.16. The number of nitrogens with one attached hydrogen (secondary N) is 2. The van der Waals surface area contributed by atoms with Crippen LogP contribution in [0.25, 0.3) is 0 Å². The molecule has 12 nitrogen and oxygen atoms in total. The molecule has 1 atom stereocenters. The molecular weight excluding hydrogens is 452 g/mol. The maximum Gasteiger partial charge on any atom is 0.264 e. The Kier molecular flexibility index (Phi) is 5.77. The third-order valence-electron chi connectivity index (χ3n) is 5.92. The second kappa shape index (κ2) is 9.05. The van der Waals surface area contributed by atoms with Gasteiger partial charge >= 0.3 is 0 Å². The Hall–Kier alpha value is -4.48. The number of benzene rings is 1. The summed E-state index contributed by atoms with van der Waals surface area (Å²) in [6.07, 6.45) is 6.05. The number of anilines is 1. The molecule has 0 aliphatic carbocycles. The second-order valence-electron chi connectivity index (χ2n) is 8.40. The molecule has 0 spiro atoms. The predicted molar refractivity (Wildman–Crippen MR) is 121 cm³/mol. The first kappa shape index (κ1) is 22.3. The summed E-state index contributed by atoms with van der Waals surface area (Å²) in [5, 5.41) is 13.6. The van der Waals surface area contributed by atoms with E-state index in [4.69, 9.17) is 0 Å². The number of piperidine rings is 1. The van der Waals surface area contributed by atoms with Crippen LogP contribution in [-0.2, 0) is 29.1 Å². The fraction of sp³-hybridized carbons (Fsp3) is 0.304. The molecule has 2 aliphatic rings. The average Bonchev–Trinajstić information content (AvgIpc) is 3.39. The van der Waals surface area contributed by atoms with Crippen molar-refractivity contribution in [3.05, 3.63) is 65.0 Å². The third-order valence-corrected chi connectivity index (χ3v) is 5.92. The minimum atomic E-state index is -1.01. The summed E-state index contributed by atoms with van der Waals surface area (Å²) >= 11 is 0. The molecule has 1 fully saturated rings. The monoisotopic (exact) mass is 474 g/mol. The number of amides is 4. The van der Waals surface area contributed by atoms with Crippen LogP contribution in [0, 0.1) is 6.92 Å². The van der Waals surface area contributed by atoms with Crippen molar-refractivity contribution >= 4 is 29.3 Å². The van der Waals surface area contributed by atoms with Crippen LogP contribution < -0.4 is 10.6 Å². The first-order valence-corrected chi connectivity index (χ1v) is 11.2. The maximum absolute atomic E-state index is 13.2. The highest BCUT2D eigenvalue weighted by molar-refractivity contribution is 6.25. The van der Waals surface area contributed by atoms with E-state index in [1.165, 1.54) is 0 Å². The van der Waals surface area contributed by atoms with E-state index in [-0.39, 0.29) is 30.5 Å². The predicted octanol–water partition coefficient (Wildman–Crippen LogP) is 0.633. The Morgan fingerprint density at radius 3 is 2.77 bits per heavy atom. The van der Waals surface area contributed by atoms with Crippen molar-refractivity contribution in [1.82, 2.24) is 35.2 Å². The Morgan fingerprint density at radius 2 is 1.97 bits per heavy atom.